The zero-order valence-corrected chi connectivity index (χ0v) is 11.8. The predicted molar refractivity (Wildman–Crippen MR) is 71.3 cm³/mol. The fourth-order valence-electron chi connectivity index (χ4n) is 2.61. The lowest BCUT2D eigenvalue weighted by Crippen LogP contribution is -2.29. The van der Waals surface area contributed by atoms with Gasteiger partial charge in [0.25, 0.3) is 0 Å². The highest BCUT2D eigenvalue weighted by molar-refractivity contribution is 6.31. The molecule has 106 valence electrons. The van der Waals surface area contributed by atoms with E-state index in [1.54, 1.807) is 0 Å². The smallest absolute Gasteiger partial charge is 0.160 e. The standard InChI is InChI=1S/C14H18ClF2NO/c1-3-18-14(9-4-8(2)19-7-9)10-5-12(16)13(17)6-11(10)15/h5-6,8-9,14,18H,3-4,7H2,1-2H3. The Labute approximate surface area is 117 Å². The number of benzene rings is 1. The summed E-state index contributed by atoms with van der Waals surface area (Å²) >= 11 is 6.06. The molecule has 1 N–H and O–H groups in total. The minimum absolute atomic E-state index is 0.113. The number of halogens is 3. The van der Waals surface area contributed by atoms with Crippen molar-refractivity contribution < 1.29 is 13.5 Å². The van der Waals surface area contributed by atoms with E-state index in [1.807, 2.05) is 13.8 Å². The van der Waals surface area contributed by atoms with E-state index in [-0.39, 0.29) is 23.1 Å². The summed E-state index contributed by atoms with van der Waals surface area (Å²) in [6.07, 6.45) is 1.07. The molecule has 3 unspecified atom stereocenters. The van der Waals surface area contributed by atoms with Crippen molar-refractivity contribution >= 4 is 11.6 Å². The number of nitrogens with one attached hydrogen (secondary N) is 1. The van der Waals surface area contributed by atoms with Crippen LogP contribution in [0.25, 0.3) is 0 Å². The zero-order valence-electron chi connectivity index (χ0n) is 11.1. The van der Waals surface area contributed by atoms with Gasteiger partial charge in [-0.05, 0) is 37.6 Å². The van der Waals surface area contributed by atoms with Gasteiger partial charge in [0.1, 0.15) is 0 Å². The van der Waals surface area contributed by atoms with Crippen LogP contribution in [0.3, 0.4) is 0 Å². The van der Waals surface area contributed by atoms with Crippen molar-refractivity contribution in [2.75, 3.05) is 13.2 Å². The molecular weight excluding hydrogens is 272 g/mol. The van der Waals surface area contributed by atoms with E-state index in [2.05, 4.69) is 5.32 Å². The molecule has 1 heterocycles. The molecule has 0 saturated carbocycles. The van der Waals surface area contributed by atoms with Crippen molar-refractivity contribution in [3.63, 3.8) is 0 Å². The Balaban J connectivity index is 2.30. The first kappa shape index (κ1) is 14.7. The molecule has 1 aromatic carbocycles. The highest BCUT2D eigenvalue weighted by Crippen LogP contribution is 2.35. The summed E-state index contributed by atoms with van der Waals surface area (Å²) < 4.78 is 32.1. The zero-order chi connectivity index (χ0) is 14.0. The average molecular weight is 290 g/mol. The second kappa shape index (κ2) is 6.16. The SMILES string of the molecule is CCNC(c1cc(F)c(F)cc1Cl)C1COC(C)C1. The van der Waals surface area contributed by atoms with Gasteiger partial charge >= 0.3 is 0 Å². The molecule has 0 radical (unpaired) electrons. The van der Waals surface area contributed by atoms with E-state index in [9.17, 15) is 8.78 Å². The van der Waals surface area contributed by atoms with E-state index in [1.165, 1.54) is 6.07 Å². The van der Waals surface area contributed by atoms with E-state index < -0.39 is 11.6 Å². The molecule has 3 atom stereocenters. The number of rotatable bonds is 4. The van der Waals surface area contributed by atoms with Crippen LogP contribution in [0.4, 0.5) is 8.78 Å². The summed E-state index contributed by atoms with van der Waals surface area (Å²) in [5, 5.41) is 3.55. The van der Waals surface area contributed by atoms with Crippen LogP contribution in [0.15, 0.2) is 12.1 Å². The molecule has 1 aromatic rings. The van der Waals surface area contributed by atoms with Gasteiger partial charge in [0.15, 0.2) is 11.6 Å². The molecule has 1 aliphatic heterocycles. The summed E-state index contributed by atoms with van der Waals surface area (Å²) in [5.41, 5.74) is 0.602. The summed E-state index contributed by atoms with van der Waals surface area (Å²) in [6, 6.07) is 2.11. The summed E-state index contributed by atoms with van der Waals surface area (Å²) in [4.78, 5) is 0. The molecule has 19 heavy (non-hydrogen) atoms. The van der Waals surface area contributed by atoms with Crippen LogP contribution in [-0.4, -0.2) is 19.3 Å². The number of hydrogen-bond donors (Lipinski definition) is 1. The third-order valence-electron chi connectivity index (χ3n) is 3.50. The maximum Gasteiger partial charge on any atom is 0.160 e. The third kappa shape index (κ3) is 3.25. The van der Waals surface area contributed by atoms with Crippen LogP contribution in [0.1, 0.15) is 31.9 Å². The minimum Gasteiger partial charge on any atom is -0.378 e. The van der Waals surface area contributed by atoms with Crippen LogP contribution >= 0.6 is 11.6 Å². The monoisotopic (exact) mass is 289 g/mol. The molecule has 0 spiro atoms. The Morgan fingerprint density at radius 3 is 2.68 bits per heavy atom. The molecule has 1 fully saturated rings. The highest BCUT2D eigenvalue weighted by atomic mass is 35.5. The minimum atomic E-state index is -0.917. The maximum atomic E-state index is 13.4. The number of hydrogen-bond acceptors (Lipinski definition) is 2. The molecular formula is C14H18ClF2NO. The lowest BCUT2D eigenvalue weighted by molar-refractivity contribution is 0.117. The molecule has 5 heteroatoms. The first-order valence-corrected chi connectivity index (χ1v) is 6.90. The van der Waals surface area contributed by atoms with Gasteiger partial charge in [0.05, 0.1) is 12.7 Å². The first-order valence-electron chi connectivity index (χ1n) is 6.52. The van der Waals surface area contributed by atoms with Gasteiger partial charge in [-0.25, -0.2) is 8.78 Å². The third-order valence-corrected chi connectivity index (χ3v) is 3.83. The van der Waals surface area contributed by atoms with Gasteiger partial charge in [-0.3, -0.25) is 0 Å². The molecule has 2 rings (SSSR count). The topological polar surface area (TPSA) is 21.3 Å². The van der Waals surface area contributed by atoms with Gasteiger partial charge in [0, 0.05) is 17.0 Å². The molecule has 0 aromatic heterocycles. The van der Waals surface area contributed by atoms with Crippen LogP contribution in [0.2, 0.25) is 5.02 Å². The maximum absolute atomic E-state index is 13.4. The van der Waals surface area contributed by atoms with Crippen LogP contribution in [-0.2, 0) is 4.74 Å². The van der Waals surface area contributed by atoms with Crippen molar-refractivity contribution in [3.05, 3.63) is 34.4 Å². The van der Waals surface area contributed by atoms with E-state index >= 15 is 0 Å². The molecule has 2 nitrogen and oxygen atoms in total. The highest BCUT2D eigenvalue weighted by Gasteiger charge is 2.31. The largest absolute Gasteiger partial charge is 0.378 e. The van der Waals surface area contributed by atoms with Crippen molar-refractivity contribution in [2.24, 2.45) is 5.92 Å². The quantitative estimate of drug-likeness (QED) is 0.854. The van der Waals surface area contributed by atoms with Gasteiger partial charge in [-0.2, -0.15) is 0 Å². The van der Waals surface area contributed by atoms with Crippen LogP contribution in [0.5, 0.6) is 0 Å². The summed E-state index contributed by atoms with van der Waals surface area (Å²) in [5.74, 6) is -1.56. The lowest BCUT2D eigenvalue weighted by atomic mass is 9.90. The van der Waals surface area contributed by atoms with Crippen molar-refractivity contribution in [1.29, 1.82) is 0 Å². The summed E-state index contributed by atoms with van der Waals surface area (Å²) in [7, 11) is 0. The fraction of sp³-hybridized carbons (Fsp3) is 0.571. The number of ether oxygens (including phenoxy) is 1. The lowest BCUT2D eigenvalue weighted by Gasteiger charge is -2.25. The predicted octanol–water partition coefficient (Wildman–Crippen LogP) is 3.69. The summed E-state index contributed by atoms with van der Waals surface area (Å²) in [6.45, 7) is 5.31. The van der Waals surface area contributed by atoms with Crippen molar-refractivity contribution in [1.82, 2.24) is 5.32 Å². The van der Waals surface area contributed by atoms with Gasteiger partial charge in [-0.1, -0.05) is 18.5 Å². The van der Waals surface area contributed by atoms with E-state index in [0.29, 0.717) is 12.2 Å². The molecule has 0 aliphatic carbocycles. The molecule has 0 amide bonds. The Bertz CT molecular complexity index is 455. The molecule has 1 saturated heterocycles. The van der Waals surface area contributed by atoms with Gasteiger partial charge in [0.2, 0.25) is 0 Å². The van der Waals surface area contributed by atoms with Crippen molar-refractivity contribution in [2.45, 2.75) is 32.4 Å². The van der Waals surface area contributed by atoms with E-state index in [0.717, 1.165) is 19.0 Å². The van der Waals surface area contributed by atoms with Gasteiger partial charge < -0.3 is 10.1 Å². The van der Waals surface area contributed by atoms with Crippen LogP contribution < -0.4 is 5.32 Å². The Kier molecular flexibility index (Phi) is 4.76. The molecule has 0 bridgehead atoms. The van der Waals surface area contributed by atoms with Crippen molar-refractivity contribution in [3.8, 4) is 0 Å². The second-order valence-corrected chi connectivity index (χ2v) is 5.37. The normalized spacial score (nSPS) is 24.7. The second-order valence-electron chi connectivity index (χ2n) is 4.96. The van der Waals surface area contributed by atoms with Crippen LogP contribution in [0, 0.1) is 17.6 Å². The van der Waals surface area contributed by atoms with E-state index in [4.69, 9.17) is 16.3 Å². The first-order chi connectivity index (χ1) is 9.02. The van der Waals surface area contributed by atoms with Gasteiger partial charge in [-0.15, -0.1) is 0 Å². The Morgan fingerprint density at radius 2 is 2.11 bits per heavy atom. The Morgan fingerprint density at radius 1 is 1.42 bits per heavy atom. The molecule has 1 aliphatic rings. The Hall–Kier alpha value is -0.710. The fourth-order valence-corrected chi connectivity index (χ4v) is 2.88. The average Bonchev–Trinajstić information content (AvgIpc) is 2.78.